The third kappa shape index (κ3) is 7.05. The zero-order chi connectivity index (χ0) is 17.4. The average molecular weight is 347 g/mol. The lowest BCUT2D eigenvalue weighted by Crippen LogP contribution is -2.23. The molecule has 134 valence electrons. The fourth-order valence-corrected chi connectivity index (χ4v) is 2.15. The lowest BCUT2D eigenvalue weighted by molar-refractivity contribution is -0.274. The van der Waals surface area contributed by atoms with Crippen LogP contribution in [-0.2, 0) is 9.47 Å². The van der Waals surface area contributed by atoms with Crippen LogP contribution >= 0.6 is 0 Å². The highest BCUT2D eigenvalue weighted by atomic mass is 19.4. The molecule has 0 amide bonds. The minimum Gasteiger partial charge on any atom is -0.406 e. The Morgan fingerprint density at radius 3 is 2.71 bits per heavy atom. The Kier molecular flexibility index (Phi) is 6.68. The Balaban J connectivity index is 1.67. The van der Waals surface area contributed by atoms with Gasteiger partial charge in [-0.15, -0.1) is 13.2 Å². The zero-order valence-corrected chi connectivity index (χ0v) is 13.0. The van der Waals surface area contributed by atoms with Gasteiger partial charge in [-0.25, -0.2) is 0 Å². The maximum absolute atomic E-state index is 12.1. The third-order valence-electron chi connectivity index (χ3n) is 3.21. The van der Waals surface area contributed by atoms with Crippen molar-refractivity contribution < 1.29 is 27.4 Å². The van der Waals surface area contributed by atoms with E-state index in [1.807, 2.05) is 0 Å². The van der Waals surface area contributed by atoms with E-state index in [1.54, 1.807) is 0 Å². The van der Waals surface area contributed by atoms with Gasteiger partial charge in [0.2, 0.25) is 0 Å². The molecule has 1 aliphatic rings. The number of nitrogens with two attached hydrogens (primary N) is 1. The summed E-state index contributed by atoms with van der Waals surface area (Å²) in [5, 5.41) is 2.77. The van der Waals surface area contributed by atoms with E-state index in [1.165, 1.54) is 24.3 Å². The standard InChI is InChI=1S/C15H20F3N3O3/c16-15(17,18)24-12-5-3-11(4-6-12)21-14(19)20-7-9-22-10-13-2-1-8-23-13/h3-6,13H,1-2,7-10H2,(H3,19,20,21). The van der Waals surface area contributed by atoms with Crippen molar-refractivity contribution in [3.05, 3.63) is 24.3 Å². The van der Waals surface area contributed by atoms with E-state index in [0.717, 1.165) is 19.4 Å². The normalized spacial score (nSPS) is 18.6. The number of aliphatic imine (C=N–C) groups is 1. The van der Waals surface area contributed by atoms with Crippen molar-refractivity contribution in [1.82, 2.24) is 0 Å². The molecule has 24 heavy (non-hydrogen) atoms. The molecule has 1 aromatic rings. The molecule has 0 bridgehead atoms. The average Bonchev–Trinajstić information content (AvgIpc) is 3.01. The van der Waals surface area contributed by atoms with Crippen molar-refractivity contribution in [1.29, 1.82) is 0 Å². The van der Waals surface area contributed by atoms with Gasteiger partial charge in [-0.3, -0.25) is 4.99 Å². The predicted octanol–water partition coefficient (Wildman–Crippen LogP) is 2.51. The van der Waals surface area contributed by atoms with Crippen LogP contribution in [-0.4, -0.2) is 44.8 Å². The molecule has 0 radical (unpaired) electrons. The lowest BCUT2D eigenvalue weighted by Gasteiger charge is -2.10. The first kappa shape index (κ1) is 18.3. The number of nitrogens with zero attached hydrogens (tertiary/aromatic N) is 1. The molecule has 6 nitrogen and oxygen atoms in total. The van der Waals surface area contributed by atoms with Gasteiger partial charge >= 0.3 is 6.36 Å². The van der Waals surface area contributed by atoms with Crippen LogP contribution in [0.1, 0.15) is 12.8 Å². The Bertz CT molecular complexity index is 529. The molecule has 1 aromatic carbocycles. The number of anilines is 1. The van der Waals surface area contributed by atoms with Crippen LogP contribution in [0.2, 0.25) is 0 Å². The highest BCUT2D eigenvalue weighted by molar-refractivity contribution is 5.92. The largest absolute Gasteiger partial charge is 0.573 e. The molecule has 1 unspecified atom stereocenters. The molecule has 1 fully saturated rings. The van der Waals surface area contributed by atoms with Crippen molar-refractivity contribution in [3.63, 3.8) is 0 Å². The first-order valence-corrected chi connectivity index (χ1v) is 7.54. The van der Waals surface area contributed by atoms with Crippen molar-refractivity contribution in [2.45, 2.75) is 25.3 Å². The Morgan fingerprint density at radius 2 is 2.08 bits per heavy atom. The molecule has 9 heteroatoms. The number of hydrogen-bond donors (Lipinski definition) is 2. The van der Waals surface area contributed by atoms with Crippen molar-refractivity contribution in [2.75, 3.05) is 31.7 Å². The van der Waals surface area contributed by atoms with Crippen LogP contribution in [0, 0.1) is 0 Å². The van der Waals surface area contributed by atoms with Crippen LogP contribution < -0.4 is 15.8 Å². The molecule has 1 atom stereocenters. The van der Waals surface area contributed by atoms with E-state index < -0.39 is 6.36 Å². The van der Waals surface area contributed by atoms with E-state index in [9.17, 15) is 13.2 Å². The molecule has 0 spiro atoms. The van der Waals surface area contributed by atoms with Crippen LogP contribution in [0.5, 0.6) is 5.75 Å². The SMILES string of the molecule is NC(=NCCOCC1CCCO1)Nc1ccc(OC(F)(F)F)cc1. The van der Waals surface area contributed by atoms with Gasteiger partial charge in [-0.2, -0.15) is 0 Å². The van der Waals surface area contributed by atoms with Crippen LogP contribution in [0.25, 0.3) is 0 Å². The summed E-state index contributed by atoms with van der Waals surface area (Å²) in [6.45, 7) is 2.13. The maximum atomic E-state index is 12.1. The second kappa shape index (κ2) is 8.74. The minimum atomic E-state index is -4.71. The quantitative estimate of drug-likeness (QED) is 0.450. The molecule has 1 heterocycles. The van der Waals surface area contributed by atoms with E-state index >= 15 is 0 Å². The third-order valence-corrected chi connectivity index (χ3v) is 3.21. The molecular formula is C15H20F3N3O3. The molecule has 2 rings (SSSR count). The molecule has 3 N–H and O–H groups in total. The Labute approximate surface area is 137 Å². The second-order valence-electron chi connectivity index (χ2n) is 5.17. The van der Waals surface area contributed by atoms with Gasteiger partial charge in [0.1, 0.15) is 5.75 Å². The summed E-state index contributed by atoms with van der Waals surface area (Å²) in [7, 11) is 0. The highest BCUT2D eigenvalue weighted by Gasteiger charge is 2.30. The first-order chi connectivity index (χ1) is 11.4. The number of alkyl halides is 3. The van der Waals surface area contributed by atoms with Gasteiger partial charge in [-0.05, 0) is 37.1 Å². The van der Waals surface area contributed by atoms with E-state index in [2.05, 4.69) is 15.0 Å². The summed E-state index contributed by atoms with van der Waals surface area (Å²) in [6, 6.07) is 5.20. The smallest absolute Gasteiger partial charge is 0.406 e. The fourth-order valence-electron chi connectivity index (χ4n) is 2.15. The number of hydrogen-bond acceptors (Lipinski definition) is 4. The number of nitrogens with one attached hydrogen (secondary N) is 1. The predicted molar refractivity (Wildman–Crippen MR) is 83.0 cm³/mol. The van der Waals surface area contributed by atoms with E-state index in [0.29, 0.717) is 25.4 Å². The van der Waals surface area contributed by atoms with Crippen molar-refractivity contribution in [2.24, 2.45) is 10.7 Å². The van der Waals surface area contributed by atoms with Crippen molar-refractivity contribution >= 4 is 11.6 Å². The summed E-state index contributed by atoms with van der Waals surface area (Å²) in [4.78, 5) is 4.07. The Hall–Kier alpha value is -2.00. The number of rotatable bonds is 7. The van der Waals surface area contributed by atoms with Gasteiger partial charge in [0.15, 0.2) is 5.96 Å². The maximum Gasteiger partial charge on any atom is 0.573 e. The van der Waals surface area contributed by atoms with E-state index in [-0.39, 0.29) is 17.8 Å². The molecule has 0 saturated carbocycles. The zero-order valence-electron chi connectivity index (χ0n) is 13.0. The van der Waals surface area contributed by atoms with Gasteiger partial charge in [0.05, 0.1) is 25.9 Å². The molecule has 1 saturated heterocycles. The lowest BCUT2D eigenvalue weighted by atomic mass is 10.2. The van der Waals surface area contributed by atoms with Crippen LogP contribution in [0.4, 0.5) is 18.9 Å². The molecule has 0 aliphatic carbocycles. The number of guanidine groups is 1. The monoisotopic (exact) mass is 347 g/mol. The summed E-state index contributed by atoms with van der Waals surface area (Å²) >= 11 is 0. The van der Waals surface area contributed by atoms with Gasteiger partial charge in [0, 0.05) is 12.3 Å². The number of benzene rings is 1. The number of ether oxygens (including phenoxy) is 3. The van der Waals surface area contributed by atoms with Crippen molar-refractivity contribution in [3.8, 4) is 5.75 Å². The summed E-state index contributed by atoms with van der Waals surface area (Å²) in [5.41, 5.74) is 6.20. The topological polar surface area (TPSA) is 78.1 Å². The van der Waals surface area contributed by atoms with E-state index in [4.69, 9.17) is 15.2 Å². The minimum absolute atomic E-state index is 0.153. The summed E-state index contributed by atoms with van der Waals surface area (Å²) < 4.78 is 50.8. The first-order valence-electron chi connectivity index (χ1n) is 7.54. The van der Waals surface area contributed by atoms with Crippen LogP contribution in [0.15, 0.2) is 29.3 Å². The van der Waals surface area contributed by atoms with Gasteiger partial charge in [-0.1, -0.05) is 0 Å². The van der Waals surface area contributed by atoms with Gasteiger partial charge < -0.3 is 25.3 Å². The second-order valence-corrected chi connectivity index (χ2v) is 5.17. The summed E-state index contributed by atoms with van der Waals surface area (Å²) in [6.07, 6.45) is -2.46. The molecular weight excluding hydrogens is 327 g/mol. The number of halogens is 3. The summed E-state index contributed by atoms with van der Waals surface area (Å²) in [5.74, 6) is -0.147. The Morgan fingerprint density at radius 1 is 1.33 bits per heavy atom. The molecule has 0 aromatic heterocycles. The molecule has 1 aliphatic heterocycles. The fraction of sp³-hybridized carbons (Fsp3) is 0.533. The van der Waals surface area contributed by atoms with Gasteiger partial charge in [0.25, 0.3) is 0 Å². The van der Waals surface area contributed by atoms with Crippen LogP contribution in [0.3, 0.4) is 0 Å². The highest BCUT2D eigenvalue weighted by Crippen LogP contribution is 2.23.